The van der Waals surface area contributed by atoms with Crippen LogP contribution in [0.1, 0.15) is 18.9 Å². The van der Waals surface area contributed by atoms with Crippen LogP contribution in [0.4, 0.5) is 5.69 Å². The molecule has 0 aliphatic carbocycles. The number of hydrogen-bond donors (Lipinski definition) is 2. The van der Waals surface area contributed by atoms with Crippen molar-refractivity contribution in [2.24, 2.45) is 0 Å². The highest BCUT2D eigenvalue weighted by molar-refractivity contribution is 5.89. The standard InChI is InChI=1S/C17H27N5O/c1-20(2)11-12-21(3)14-5-4-6-15-16(14)19-17(23)22(15)13-7-9-18-10-8-13/h4-6,13,18H,7-12H2,1-3H3,(H,19,23). The molecule has 0 atom stereocenters. The molecule has 1 aliphatic rings. The summed E-state index contributed by atoms with van der Waals surface area (Å²) < 4.78 is 1.96. The molecule has 0 radical (unpaired) electrons. The quantitative estimate of drug-likeness (QED) is 0.871. The number of benzene rings is 1. The van der Waals surface area contributed by atoms with Gasteiger partial charge in [-0.1, -0.05) is 6.07 Å². The van der Waals surface area contributed by atoms with E-state index in [2.05, 4.69) is 59.4 Å². The van der Waals surface area contributed by atoms with Gasteiger partial charge in [-0.05, 0) is 52.2 Å². The third-order valence-electron chi connectivity index (χ3n) is 4.70. The van der Waals surface area contributed by atoms with Crippen LogP contribution in [0.25, 0.3) is 11.0 Å². The number of piperidine rings is 1. The van der Waals surface area contributed by atoms with E-state index >= 15 is 0 Å². The molecule has 126 valence electrons. The summed E-state index contributed by atoms with van der Waals surface area (Å²) in [5.41, 5.74) is 3.09. The first kappa shape index (κ1) is 16.1. The highest BCUT2D eigenvalue weighted by Crippen LogP contribution is 2.27. The number of imidazole rings is 1. The van der Waals surface area contributed by atoms with Gasteiger partial charge in [0.15, 0.2) is 0 Å². The van der Waals surface area contributed by atoms with Crippen LogP contribution in [0, 0.1) is 0 Å². The minimum absolute atomic E-state index is 0.0142. The van der Waals surface area contributed by atoms with Crippen LogP contribution in [-0.2, 0) is 0 Å². The molecule has 0 unspecified atom stereocenters. The van der Waals surface area contributed by atoms with Crippen molar-refractivity contribution in [3.05, 3.63) is 28.7 Å². The molecule has 0 bridgehead atoms. The maximum Gasteiger partial charge on any atom is 0.326 e. The Hall–Kier alpha value is -1.79. The Labute approximate surface area is 137 Å². The van der Waals surface area contributed by atoms with Crippen molar-refractivity contribution in [3.8, 4) is 0 Å². The predicted octanol–water partition coefficient (Wildman–Crippen LogP) is 1.25. The fourth-order valence-corrected chi connectivity index (χ4v) is 3.35. The number of rotatable bonds is 5. The number of anilines is 1. The van der Waals surface area contributed by atoms with Crippen molar-refractivity contribution in [2.45, 2.75) is 18.9 Å². The largest absolute Gasteiger partial charge is 0.372 e. The van der Waals surface area contributed by atoms with E-state index in [1.165, 1.54) is 0 Å². The molecule has 1 aliphatic heterocycles. The van der Waals surface area contributed by atoms with Gasteiger partial charge >= 0.3 is 5.69 Å². The van der Waals surface area contributed by atoms with Crippen molar-refractivity contribution in [2.75, 3.05) is 52.2 Å². The average molecular weight is 317 g/mol. The Bertz CT molecular complexity index is 711. The molecule has 1 aromatic carbocycles. The molecule has 0 saturated carbocycles. The van der Waals surface area contributed by atoms with E-state index in [1.807, 2.05) is 4.57 Å². The number of likely N-dealkylation sites (N-methyl/N-ethyl adjacent to an activating group) is 2. The molecule has 0 amide bonds. The van der Waals surface area contributed by atoms with Gasteiger partial charge in [0.2, 0.25) is 0 Å². The maximum absolute atomic E-state index is 12.5. The Morgan fingerprint density at radius 1 is 1.17 bits per heavy atom. The Balaban J connectivity index is 1.97. The van der Waals surface area contributed by atoms with Crippen LogP contribution in [0.15, 0.2) is 23.0 Å². The molecule has 23 heavy (non-hydrogen) atoms. The molecule has 1 fully saturated rings. The Morgan fingerprint density at radius 3 is 2.61 bits per heavy atom. The predicted molar refractivity (Wildman–Crippen MR) is 95.5 cm³/mol. The molecular formula is C17H27N5O. The number of H-pyrrole nitrogens is 1. The monoisotopic (exact) mass is 317 g/mol. The number of hydrogen-bond acceptors (Lipinski definition) is 4. The van der Waals surface area contributed by atoms with Crippen LogP contribution in [0.5, 0.6) is 0 Å². The van der Waals surface area contributed by atoms with E-state index in [0.29, 0.717) is 6.04 Å². The van der Waals surface area contributed by atoms with Gasteiger partial charge in [-0.3, -0.25) is 4.57 Å². The van der Waals surface area contributed by atoms with Crippen molar-refractivity contribution in [1.82, 2.24) is 19.8 Å². The molecule has 6 nitrogen and oxygen atoms in total. The van der Waals surface area contributed by atoms with Gasteiger partial charge in [0.05, 0.1) is 16.7 Å². The summed E-state index contributed by atoms with van der Waals surface area (Å²) in [6, 6.07) is 6.48. The number of nitrogens with zero attached hydrogens (tertiary/aromatic N) is 3. The van der Waals surface area contributed by atoms with E-state index < -0.39 is 0 Å². The van der Waals surface area contributed by atoms with Gasteiger partial charge in [-0.25, -0.2) is 4.79 Å². The van der Waals surface area contributed by atoms with Gasteiger partial charge in [-0.15, -0.1) is 0 Å². The summed E-state index contributed by atoms with van der Waals surface area (Å²) >= 11 is 0. The lowest BCUT2D eigenvalue weighted by molar-refractivity contribution is 0.368. The lowest BCUT2D eigenvalue weighted by Crippen LogP contribution is -2.33. The minimum atomic E-state index is 0.0142. The van der Waals surface area contributed by atoms with Gasteiger partial charge in [0.1, 0.15) is 0 Å². The summed E-state index contributed by atoms with van der Waals surface area (Å²) in [7, 11) is 6.23. The van der Waals surface area contributed by atoms with E-state index in [-0.39, 0.29) is 5.69 Å². The van der Waals surface area contributed by atoms with Crippen molar-refractivity contribution in [3.63, 3.8) is 0 Å². The summed E-state index contributed by atoms with van der Waals surface area (Å²) in [5.74, 6) is 0. The van der Waals surface area contributed by atoms with Crippen molar-refractivity contribution >= 4 is 16.7 Å². The van der Waals surface area contributed by atoms with Crippen LogP contribution >= 0.6 is 0 Å². The zero-order chi connectivity index (χ0) is 16.4. The van der Waals surface area contributed by atoms with Crippen LogP contribution in [0.3, 0.4) is 0 Å². The molecular weight excluding hydrogens is 290 g/mol. The first-order valence-corrected chi connectivity index (χ1v) is 8.37. The normalized spacial score (nSPS) is 16.3. The minimum Gasteiger partial charge on any atom is -0.372 e. The fraction of sp³-hybridized carbons (Fsp3) is 0.588. The molecule has 6 heteroatoms. The lowest BCUT2D eigenvalue weighted by Gasteiger charge is -2.24. The highest BCUT2D eigenvalue weighted by Gasteiger charge is 2.21. The van der Waals surface area contributed by atoms with E-state index in [9.17, 15) is 4.79 Å². The van der Waals surface area contributed by atoms with Crippen molar-refractivity contribution < 1.29 is 0 Å². The Morgan fingerprint density at radius 2 is 1.91 bits per heavy atom. The molecule has 2 heterocycles. The third-order valence-corrected chi connectivity index (χ3v) is 4.70. The number of aromatic amines is 1. The van der Waals surface area contributed by atoms with Gasteiger partial charge in [0.25, 0.3) is 0 Å². The molecule has 3 rings (SSSR count). The van der Waals surface area contributed by atoms with Crippen molar-refractivity contribution in [1.29, 1.82) is 0 Å². The number of para-hydroxylation sites is 1. The second kappa shape index (κ2) is 6.76. The summed E-state index contributed by atoms with van der Waals surface area (Å²) in [6.07, 6.45) is 2.01. The fourth-order valence-electron chi connectivity index (χ4n) is 3.35. The topological polar surface area (TPSA) is 56.3 Å². The first-order valence-electron chi connectivity index (χ1n) is 8.37. The SMILES string of the molecule is CN(C)CCN(C)c1cccc2c1[nH]c(=O)n2C1CCNCC1. The van der Waals surface area contributed by atoms with Crippen LogP contribution in [0.2, 0.25) is 0 Å². The second-order valence-electron chi connectivity index (χ2n) is 6.68. The van der Waals surface area contributed by atoms with E-state index in [4.69, 9.17) is 0 Å². The number of nitrogens with one attached hydrogen (secondary N) is 2. The molecule has 2 aromatic rings. The van der Waals surface area contributed by atoms with E-state index in [0.717, 1.165) is 55.7 Å². The smallest absolute Gasteiger partial charge is 0.326 e. The van der Waals surface area contributed by atoms with Gasteiger partial charge < -0.3 is 20.1 Å². The van der Waals surface area contributed by atoms with Crippen LogP contribution in [-0.4, -0.2) is 61.8 Å². The third kappa shape index (κ3) is 3.28. The zero-order valence-electron chi connectivity index (χ0n) is 14.3. The van der Waals surface area contributed by atoms with Gasteiger partial charge in [0, 0.05) is 26.2 Å². The van der Waals surface area contributed by atoms with Gasteiger partial charge in [-0.2, -0.15) is 0 Å². The first-order chi connectivity index (χ1) is 11.1. The summed E-state index contributed by atoms with van der Waals surface area (Å²) in [4.78, 5) is 20.0. The lowest BCUT2D eigenvalue weighted by atomic mass is 10.1. The highest BCUT2D eigenvalue weighted by atomic mass is 16.1. The zero-order valence-corrected chi connectivity index (χ0v) is 14.3. The summed E-state index contributed by atoms with van der Waals surface area (Å²) in [6.45, 7) is 3.86. The average Bonchev–Trinajstić information content (AvgIpc) is 2.89. The Kier molecular flexibility index (Phi) is 4.73. The number of fused-ring (bicyclic) bond motifs is 1. The molecule has 0 spiro atoms. The maximum atomic E-state index is 12.5. The molecule has 2 N–H and O–H groups in total. The number of aromatic nitrogens is 2. The van der Waals surface area contributed by atoms with Crippen LogP contribution < -0.4 is 15.9 Å². The van der Waals surface area contributed by atoms with E-state index in [1.54, 1.807) is 0 Å². The summed E-state index contributed by atoms with van der Waals surface area (Å²) in [5, 5.41) is 3.36. The molecule has 1 aromatic heterocycles. The molecule has 1 saturated heterocycles. The second-order valence-corrected chi connectivity index (χ2v) is 6.68.